The largest absolute Gasteiger partial charge is 0.369 e. The molecule has 1 aliphatic heterocycles. The molecule has 0 radical (unpaired) electrons. The van der Waals surface area contributed by atoms with Gasteiger partial charge in [0.25, 0.3) is 0 Å². The summed E-state index contributed by atoms with van der Waals surface area (Å²) in [4.78, 5) is 15.3. The van der Waals surface area contributed by atoms with E-state index < -0.39 is 21.1 Å². The molecule has 2 heterocycles. The number of aryl methyl sites for hydroxylation is 3. The van der Waals surface area contributed by atoms with E-state index in [4.69, 9.17) is 0 Å². The van der Waals surface area contributed by atoms with E-state index in [2.05, 4.69) is 13.8 Å². The van der Waals surface area contributed by atoms with Crippen molar-refractivity contribution in [1.29, 1.82) is 0 Å². The van der Waals surface area contributed by atoms with Gasteiger partial charge in [-0.3, -0.25) is 4.79 Å². The highest BCUT2D eigenvalue weighted by atomic mass is 32.2. The molecule has 182 valence electrons. The van der Waals surface area contributed by atoms with Crippen molar-refractivity contribution in [1.82, 2.24) is 4.57 Å². The van der Waals surface area contributed by atoms with Crippen molar-refractivity contribution < 1.29 is 12.8 Å². The lowest BCUT2D eigenvalue weighted by Crippen LogP contribution is -2.35. The summed E-state index contributed by atoms with van der Waals surface area (Å²) in [6.45, 7) is 9.83. The molecule has 4 rings (SSSR count). The van der Waals surface area contributed by atoms with Gasteiger partial charge in [-0.25, -0.2) is 12.8 Å². The van der Waals surface area contributed by atoms with Crippen molar-refractivity contribution in [3.8, 4) is 0 Å². The van der Waals surface area contributed by atoms with Crippen molar-refractivity contribution in [3.05, 3.63) is 63.7 Å². The minimum absolute atomic E-state index is 0.105. The Bertz CT molecular complexity index is 1400. The average molecular weight is 485 g/mol. The first kappa shape index (κ1) is 24.5. The lowest BCUT2D eigenvalue weighted by molar-refractivity contribution is 0.442. The maximum absolute atomic E-state index is 15.3. The molecule has 0 unspecified atom stereocenters. The van der Waals surface area contributed by atoms with E-state index in [0.29, 0.717) is 29.2 Å². The molecule has 2 aromatic carbocycles. The predicted octanol–water partition coefficient (Wildman–Crippen LogP) is 5.63. The summed E-state index contributed by atoms with van der Waals surface area (Å²) in [5.74, 6) is -0.0155. The number of hydrogen-bond acceptors (Lipinski definition) is 4. The molecule has 1 aromatic heterocycles. The minimum Gasteiger partial charge on any atom is -0.369 e. The van der Waals surface area contributed by atoms with Crippen molar-refractivity contribution >= 4 is 26.4 Å². The standard InChI is InChI=1S/C27H33FN2O3S/c1-5-6-11-30-17-26(34(32,33)25-13-18(2)9-10-20(25)4)27(31)21-14-22(28)24(15-23(21)30)29-12-7-8-19(3)16-29/h9-10,13-15,17,19H,5-8,11-12,16H2,1-4H3/t19-/m0/s1. The summed E-state index contributed by atoms with van der Waals surface area (Å²) in [5.41, 5.74) is 1.77. The van der Waals surface area contributed by atoms with Gasteiger partial charge in [0.15, 0.2) is 0 Å². The molecule has 34 heavy (non-hydrogen) atoms. The second-order valence-electron chi connectivity index (χ2n) is 9.66. The third kappa shape index (κ3) is 4.50. The summed E-state index contributed by atoms with van der Waals surface area (Å²) in [5, 5.41) is 0.105. The quantitative estimate of drug-likeness (QED) is 0.455. The van der Waals surface area contributed by atoms with Crippen molar-refractivity contribution in [2.75, 3.05) is 18.0 Å². The molecule has 3 aromatic rings. The van der Waals surface area contributed by atoms with Crippen LogP contribution in [0.1, 0.15) is 50.7 Å². The van der Waals surface area contributed by atoms with Gasteiger partial charge in [-0.05, 0) is 68.4 Å². The van der Waals surface area contributed by atoms with Gasteiger partial charge in [0.1, 0.15) is 10.7 Å². The lowest BCUT2D eigenvalue weighted by Gasteiger charge is -2.33. The average Bonchev–Trinajstić information content (AvgIpc) is 2.80. The number of piperidine rings is 1. The van der Waals surface area contributed by atoms with Crippen molar-refractivity contribution in [2.45, 2.75) is 69.7 Å². The molecule has 0 saturated carbocycles. The van der Waals surface area contributed by atoms with Crippen LogP contribution in [-0.2, 0) is 16.4 Å². The molecule has 5 nitrogen and oxygen atoms in total. The first-order valence-electron chi connectivity index (χ1n) is 12.1. The van der Waals surface area contributed by atoms with Crippen LogP contribution < -0.4 is 10.3 Å². The number of pyridine rings is 1. The van der Waals surface area contributed by atoms with Gasteiger partial charge < -0.3 is 9.47 Å². The number of unbranched alkanes of at least 4 members (excludes halogenated alkanes) is 1. The van der Waals surface area contributed by atoms with Crippen LogP contribution in [0.4, 0.5) is 10.1 Å². The minimum atomic E-state index is -4.08. The van der Waals surface area contributed by atoms with E-state index in [1.165, 1.54) is 12.3 Å². The Hall–Kier alpha value is -2.67. The number of fused-ring (bicyclic) bond motifs is 1. The van der Waals surface area contributed by atoms with Gasteiger partial charge in [-0.15, -0.1) is 0 Å². The first-order valence-corrected chi connectivity index (χ1v) is 13.6. The van der Waals surface area contributed by atoms with Gasteiger partial charge in [0.05, 0.1) is 21.5 Å². The molecule has 1 fully saturated rings. The second kappa shape index (κ2) is 9.53. The smallest absolute Gasteiger partial charge is 0.212 e. The lowest BCUT2D eigenvalue weighted by atomic mass is 9.99. The Morgan fingerprint density at radius 1 is 1.12 bits per heavy atom. The summed E-state index contributed by atoms with van der Waals surface area (Å²) in [6.07, 6.45) is 5.29. The molecule has 0 aliphatic carbocycles. The van der Waals surface area contributed by atoms with E-state index >= 15 is 4.39 Å². The van der Waals surface area contributed by atoms with Crippen LogP contribution in [-0.4, -0.2) is 26.1 Å². The summed E-state index contributed by atoms with van der Waals surface area (Å²) in [6, 6.07) is 8.13. The number of benzene rings is 2. The van der Waals surface area contributed by atoms with Crippen LogP contribution in [0.2, 0.25) is 0 Å². The Labute approximate surface area is 201 Å². The third-order valence-corrected chi connectivity index (χ3v) is 8.68. The number of rotatable bonds is 6. The van der Waals surface area contributed by atoms with Gasteiger partial charge >= 0.3 is 0 Å². The number of anilines is 1. The molecule has 7 heteroatoms. The highest BCUT2D eigenvalue weighted by Gasteiger charge is 2.27. The van der Waals surface area contributed by atoms with Crippen LogP contribution in [0.3, 0.4) is 0 Å². The van der Waals surface area contributed by atoms with Crippen LogP contribution in [0.5, 0.6) is 0 Å². The van der Waals surface area contributed by atoms with Crippen LogP contribution in [0, 0.1) is 25.6 Å². The molecule has 0 bridgehead atoms. The fourth-order valence-electron chi connectivity index (χ4n) is 4.84. The summed E-state index contributed by atoms with van der Waals surface area (Å²) < 4.78 is 44.4. The zero-order valence-corrected chi connectivity index (χ0v) is 21.2. The molecule has 0 spiro atoms. The number of hydrogen-bond donors (Lipinski definition) is 0. The van der Waals surface area contributed by atoms with Crippen molar-refractivity contribution in [3.63, 3.8) is 0 Å². The highest BCUT2D eigenvalue weighted by molar-refractivity contribution is 7.91. The molecule has 0 N–H and O–H groups in total. The van der Waals surface area contributed by atoms with Gasteiger partial charge in [0.2, 0.25) is 15.3 Å². The van der Waals surface area contributed by atoms with E-state index in [1.54, 1.807) is 25.1 Å². The fourth-order valence-corrected chi connectivity index (χ4v) is 6.53. The fraction of sp³-hybridized carbons (Fsp3) is 0.444. The van der Waals surface area contributed by atoms with Gasteiger partial charge in [-0.2, -0.15) is 0 Å². The monoisotopic (exact) mass is 484 g/mol. The Balaban J connectivity index is 1.95. The maximum atomic E-state index is 15.3. The summed E-state index contributed by atoms with van der Waals surface area (Å²) in [7, 11) is -4.08. The van der Waals surface area contributed by atoms with Crippen LogP contribution in [0.25, 0.3) is 10.9 Å². The zero-order valence-electron chi connectivity index (χ0n) is 20.4. The van der Waals surface area contributed by atoms with E-state index in [1.807, 2.05) is 22.5 Å². The Kier molecular flexibility index (Phi) is 6.85. The van der Waals surface area contributed by atoms with Crippen LogP contribution >= 0.6 is 0 Å². The predicted molar refractivity (Wildman–Crippen MR) is 135 cm³/mol. The first-order chi connectivity index (χ1) is 16.1. The third-order valence-electron chi connectivity index (χ3n) is 6.79. The highest BCUT2D eigenvalue weighted by Crippen LogP contribution is 2.31. The molecular formula is C27H33FN2O3S. The molecule has 0 amide bonds. The number of sulfone groups is 1. The zero-order chi connectivity index (χ0) is 24.6. The van der Waals surface area contributed by atoms with Gasteiger partial charge in [-0.1, -0.05) is 32.4 Å². The maximum Gasteiger partial charge on any atom is 0.212 e. The van der Waals surface area contributed by atoms with E-state index in [-0.39, 0.29) is 15.2 Å². The van der Waals surface area contributed by atoms with Crippen molar-refractivity contribution in [2.24, 2.45) is 5.92 Å². The Morgan fingerprint density at radius 2 is 1.88 bits per heavy atom. The normalized spacial score (nSPS) is 16.9. The molecule has 1 atom stereocenters. The van der Waals surface area contributed by atoms with Gasteiger partial charge in [0, 0.05) is 25.8 Å². The second-order valence-corrected chi connectivity index (χ2v) is 11.5. The molecular weight excluding hydrogens is 451 g/mol. The topological polar surface area (TPSA) is 59.4 Å². The van der Waals surface area contributed by atoms with E-state index in [0.717, 1.165) is 44.3 Å². The molecule has 1 saturated heterocycles. The number of aromatic nitrogens is 1. The number of halogens is 1. The summed E-state index contributed by atoms with van der Waals surface area (Å²) >= 11 is 0. The van der Waals surface area contributed by atoms with E-state index in [9.17, 15) is 13.2 Å². The Morgan fingerprint density at radius 3 is 2.59 bits per heavy atom. The molecule has 1 aliphatic rings. The SMILES string of the molecule is CCCCn1cc(S(=O)(=O)c2cc(C)ccc2C)c(=O)c2cc(F)c(N3CCC[C@H](C)C3)cc21. The number of nitrogens with zero attached hydrogens (tertiary/aromatic N) is 2. The van der Waals surface area contributed by atoms with Crippen LogP contribution in [0.15, 0.2) is 51.1 Å².